The maximum Gasteiger partial charge on any atom is 0.409 e. The zero-order valence-corrected chi connectivity index (χ0v) is 16.6. The van der Waals surface area contributed by atoms with Crippen molar-refractivity contribution in [2.24, 2.45) is 0 Å². The third-order valence-electron chi connectivity index (χ3n) is 3.83. The highest BCUT2D eigenvalue weighted by molar-refractivity contribution is 7.99. The Morgan fingerprint density at radius 3 is 2.17 bits per heavy atom. The van der Waals surface area contributed by atoms with Gasteiger partial charge >= 0.3 is 6.09 Å². The summed E-state index contributed by atoms with van der Waals surface area (Å²) in [5.74, 6) is 1.81. The molecule has 0 aromatic rings. The fourth-order valence-corrected chi connectivity index (χ4v) is 3.12. The average molecular weight is 361 g/mol. The Hall–Kier alpha value is -0.420. The highest BCUT2D eigenvalue weighted by atomic mass is 32.2. The SMILES string of the molecule is CCCCCCN(CCCCCC)C(=O)OC[CH]CSCCCO. The molecule has 1 N–H and O–H groups in total. The lowest BCUT2D eigenvalue weighted by molar-refractivity contribution is 0.108. The Morgan fingerprint density at radius 2 is 1.62 bits per heavy atom. The van der Waals surface area contributed by atoms with Crippen LogP contribution in [0.25, 0.3) is 0 Å². The lowest BCUT2D eigenvalue weighted by Crippen LogP contribution is -2.33. The van der Waals surface area contributed by atoms with Gasteiger partial charge in [0.05, 0.1) is 6.61 Å². The first-order valence-corrected chi connectivity index (χ1v) is 10.8. The van der Waals surface area contributed by atoms with Gasteiger partial charge in [0.1, 0.15) is 0 Å². The molecule has 0 aliphatic rings. The van der Waals surface area contributed by atoms with E-state index in [9.17, 15) is 4.79 Å². The van der Waals surface area contributed by atoms with Crippen molar-refractivity contribution in [1.82, 2.24) is 4.90 Å². The van der Waals surface area contributed by atoms with Gasteiger partial charge in [-0.2, -0.15) is 11.8 Å². The second-order valence-electron chi connectivity index (χ2n) is 6.13. The van der Waals surface area contributed by atoms with Crippen LogP contribution in [-0.4, -0.2) is 53.9 Å². The molecule has 0 aliphatic carbocycles. The van der Waals surface area contributed by atoms with Gasteiger partial charge in [0.15, 0.2) is 0 Å². The van der Waals surface area contributed by atoms with E-state index < -0.39 is 0 Å². The topological polar surface area (TPSA) is 49.8 Å². The van der Waals surface area contributed by atoms with E-state index in [2.05, 4.69) is 13.8 Å². The summed E-state index contributed by atoms with van der Waals surface area (Å²) in [6.07, 6.45) is 12.0. The Labute approximate surface area is 153 Å². The van der Waals surface area contributed by atoms with Gasteiger partial charge in [-0.15, -0.1) is 0 Å². The first kappa shape index (κ1) is 23.6. The molecule has 0 aromatic heterocycles. The number of hydrogen-bond acceptors (Lipinski definition) is 4. The summed E-state index contributed by atoms with van der Waals surface area (Å²) in [7, 11) is 0. The molecule has 0 rings (SSSR count). The number of carbonyl (C=O) groups excluding carboxylic acids is 1. The molecule has 0 unspecified atom stereocenters. The molecule has 0 spiro atoms. The minimum atomic E-state index is -0.167. The monoisotopic (exact) mass is 360 g/mol. The maximum atomic E-state index is 12.2. The number of rotatable bonds is 17. The summed E-state index contributed by atoms with van der Waals surface area (Å²) in [6.45, 7) is 6.65. The fraction of sp³-hybridized carbons (Fsp3) is 0.895. The Kier molecular flexibility index (Phi) is 18.6. The zero-order chi connectivity index (χ0) is 17.9. The van der Waals surface area contributed by atoms with Crippen molar-refractivity contribution in [3.05, 3.63) is 6.42 Å². The van der Waals surface area contributed by atoms with E-state index in [1.165, 1.54) is 38.5 Å². The van der Waals surface area contributed by atoms with E-state index in [4.69, 9.17) is 9.84 Å². The predicted octanol–water partition coefficient (Wildman–Crippen LogP) is 4.91. The number of aliphatic hydroxyl groups excluding tert-OH is 1. The van der Waals surface area contributed by atoms with Gasteiger partial charge in [-0.25, -0.2) is 4.79 Å². The summed E-state index contributed by atoms with van der Waals surface area (Å²) >= 11 is 1.76. The van der Waals surface area contributed by atoms with Crippen molar-refractivity contribution >= 4 is 17.9 Å². The van der Waals surface area contributed by atoms with Crippen molar-refractivity contribution < 1.29 is 14.6 Å². The second-order valence-corrected chi connectivity index (χ2v) is 7.28. The maximum absolute atomic E-state index is 12.2. The molecule has 0 atom stereocenters. The number of nitrogens with zero attached hydrogens (tertiary/aromatic N) is 1. The van der Waals surface area contributed by atoms with E-state index in [0.717, 1.165) is 43.9 Å². The molecule has 0 aliphatic heterocycles. The van der Waals surface area contributed by atoms with Gasteiger partial charge < -0.3 is 14.7 Å². The minimum absolute atomic E-state index is 0.167. The Morgan fingerprint density at radius 1 is 1.00 bits per heavy atom. The molecule has 0 fully saturated rings. The molecular formula is C19H38NO3S. The van der Waals surface area contributed by atoms with E-state index in [-0.39, 0.29) is 12.7 Å². The molecule has 0 saturated carbocycles. The van der Waals surface area contributed by atoms with Crippen LogP contribution < -0.4 is 0 Å². The molecule has 143 valence electrons. The van der Waals surface area contributed by atoms with E-state index in [1.807, 2.05) is 11.3 Å². The van der Waals surface area contributed by atoms with E-state index in [0.29, 0.717) is 6.61 Å². The summed E-state index contributed by atoms with van der Waals surface area (Å²) in [6, 6.07) is 0. The van der Waals surface area contributed by atoms with Crippen molar-refractivity contribution in [3.63, 3.8) is 0 Å². The van der Waals surface area contributed by atoms with Gasteiger partial charge in [-0.05, 0) is 30.8 Å². The van der Waals surface area contributed by atoms with Crippen LogP contribution in [0.3, 0.4) is 0 Å². The molecule has 5 heteroatoms. The second kappa shape index (κ2) is 18.9. The van der Waals surface area contributed by atoms with Crippen molar-refractivity contribution in [3.8, 4) is 0 Å². The van der Waals surface area contributed by atoms with Crippen LogP contribution in [0.2, 0.25) is 0 Å². The fourth-order valence-electron chi connectivity index (χ4n) is 2.36. The smallest absolute Gasteiger partial charge is 0.409 e. The van der Waals surface area contributed by atoms with Crippen LogP contribution in [0, 0.1) is 6.42 Å². The minimum Gasteiger partial charge on any atom is -0.449 e. The normalized spacial score (nSPS) is 10.8. The molecule has 0 bridgehead atoms. The zero-order valence-electron chi connectivity index (χ0n) is 15.8. The van der Waals surface area contributed by atoms with Crippen LogP contribution in [0.4, 0.5) is 4.79 Å². The number of ether oxygens (including phenoxy) is 1. The van der Waals surface area contributed by atoms with Gasteiger partial charge in [0.25, 0.3) is 0 Å². The molecule has 0 saturated heterocycles. The van der Waals surface area contributed by atoms with Crippen LogP contribution in [-0.2, 0) is 4.74 Å². The standard InChI is InChI=1S/C19H38NO3S/c1-3-5-7-9-13-20(14-10-8-6-4-2)19(22)23-16-12-18-24-17-11-15-21/h12,21H,3-11,13-18H2,1-2H3. The van der Waals surface area contributed by atoms with Gasteiger partial charge in [0.2, 0.25) is 0 Å². The lowest BCUT2D eigenvalue weighted by Gasteiger charge is -2.22. The van der Waals surface area contributed by atoms with Crippen LogP contribution in [0.5, 0.6) is 0 Å². The summed E-state index contributed by atoms with van der Waals surface area (Å²) in [5.41, 5.74) is 0. The summed E-state index contributed by atoms with van der Waals surface area (Å²) in [5, 5.41) is 8.71. The van der Waals surface area contributed by atoms with E-state index >= 15 is 0 Å². The van der Waals surface area contributed by atoms with Gasteiger partial charge in [-0.1, -0.05) is 52.4 Å². The molecular weight excluding hydrogens is 322 g/mol. The number of unbranched alkanes of at least 4 members (excludes halogenated alkanes) is 6. The number of carbonyl (C=O) groups is 1. The van der Waals surface area contributed by atoms with Crippen LogP contribution >= 0.6 is 11.8 Å². The van der Waals surface area contributed by atoms with Crippen molar-refractivity contribution in [1.29, 1.82) is 0 Å². The molecule has 1 radical (unpaired) electrons. The number of hydrogen-bond donors (Lipinski definition) is 1. The molecule has 4 nitrogen and oxygen atoms in total. The molecule has 0 aromatic carbocycles. The number of aliphatic hydroxyl groups is 1. The lowest BCUT2D eigenvalue weighted by atomic mass is 10.2. The van der Waals surface area contributed by atoms with Gasteiger partial charge in [0, 0.05) is 26.1 Å². The average Bonchev–Trinajstić information content (AvgIpc) is 2.59. The first-order valence-electron chi connectivity index (χ1n) is 9.68. The van der Waals surface area contributed by atoms with Crippen molar-refractivity contribution in [2.45, 2.75) is 71.6 Å². The molecule has 0 heterocycles. The van der Waals surface area contributed by atoms with Crippen LogP contribution in [0.15, 0.2) is 0 Å². The summed E-state index contributed by atoms with van der Waals surface area (Å²) in [4.78, 5) is 14.1. The first-order chi connectivity index (χ1) is 11.8. The van der Waals surface area contributed by atoms with Crippen LogP contribution in [0.1, 0.15) is 71.6 Å². The van der Waals surface area contributed by atoms with Gasteiger partial charge in [-0.3, -0.25) is 0 Å². The Balaban J connectivity index is 3.92. The third kappa shape index (κ3) is 15.1. The number of thioether (sulfide) groups is 1. The predicted molar refractivity (Wildman–Crippen MR) is 105 cm³/mol. The molecule has 1 amide bonds. The summed E-state index contributed by atoms with van der Waals surface area (Å²) < 4.78 is 5.39. The third-order valence-corrected chi connectivity index (χ3v) is 4.88. The highest BCUT2D eigenvalue weighted by Gasteiger charge is 2.14. The largest absolute Gasteiger partial charge is 0.449 e. The highest BCUT2D eigenvalue weighted by Crippen LogP contribution is 2.08. The van der Waals surface area contributed by atoms with Crippen molar-refractivity contribution in [2.75, 3.05) is 37.8 Å². The molecule has 24 heavy (non-hydrogen) atoms. The van der Waals surface area contributed by atoms with E-state index in [1.54, 1.807) is 11.8 Å². The Bertz CT molecular complexity index is 265. The quantitative estimate of drug-likeness (QED) is 0.375. The number of amides is 1.